The Balaban J connectivity index is 1.55. The van der Waals surface area contributed by atoms with Crippen LogP contribution < -0.4 is 10.6 Å². The number of benzene rings is 3. The largest absolute Gasteiger partial charge is 0.416 e. The highest BCUT2D eigenvalue weighted by molar-refractivity contribution is 6.11. The fourth-order valence-electron chi connectivity index (χ4n) is 3.80. The summed E-state index contributed by atoms with van der Waals surface area (Å²) >= 11 is 0. The van der Waals surface area contributed by atoms with Gasteiger partial charge in [-0.25, -0.2) is 4.79 Å². The van der Waals surface area contributed by atoms with Gasteiger partial charge in [-0.05, 0) is 41.5 Å². The molecule has 164 valence electrons. The van der Waals surface area contributed by atoms with Gasteiger partial charge in [0, 0.05) is 5.69 Å². The molecule has 3 aromatic carbocycles. The van der Waals surface area contributed by atoms with Gasteiger partial charge in [-0.3, -0.25) is 14.5 Å². The van der Waals surface area contributed by atoms with E-state index in [-0.39, 0.29) is 5.69 Å². The molecule has 1 unspecified atom stereocenters. The average Bonchev–Trinajstić information content (AvgIpc) is 2.96. The zero-order chi connectivity index (χ0) is 23.1. The standard InChI is InChI=1S/C23H18F3N3O3/c1-22(18-11-4-7-14-6-2-3-10-17(14)18)20(31)29(21(32)28-22)13-19(30)27-16-9-5-8-15(12-16)23(24,25)26/h2-12H,13H2,1H3,(H,27,30)(H,28,32). The summed E-state index contributed by atoms with van der Waals surface area (Å²) in [6, 6.07) is 16.1. The highest BCUT2D eigenvalue weighted by atomic mass is 19.4. The lowest BCUT2D eigenvalue weighted by atomic mass is 9.88. The quantitative estimate of drug-likeness (QED) is 0.594. The summed E-state index contributed by atoms with van der Waals surface area (Å²) in [4.78, 5) is 38.9. The van der Waals surface area contributed by atoms with E-state index in [9.17, 15) is 27.6 Å². The molecular weight excluding hydrogens is 423 g/mol. The number of rotatable bonds is 4. The Bertz CT molecular complexity index is 1240. The van der Waals surface area contributed by atoms with Crippen LogP contribution in [0.4, 0.5) is 23.7 Å². The molecule has 4 amide bonds. The highest BCUT2D eigenvalue weighted by Crippen LogP contribution is 2.34. The Labute approximate surface area is 181 Å². The average molecular weight is 441 g/mol. The lowest BCUT2D eigenvalue weighted by molar-refractivity contribution is -0.137. The number of carbonyl (C=O) groups excluding carboxylic acids is 3. The van der Waals surface area contributed by atoms with Crippen LogP contribution in [0.5, 0.6) is 0 Å². The molecule has 1 aliphatic heterocycles. The molecule has 1 heterocycles. The van der Waals surface area contributed by atoms with Crippen molar-refractivity contribution < 1.29 is 27.6 Å². The Morgan fingerprint density at radius 1 is 1.03 bits per heavy atom. The van der Waals surface area contributed by atoms with Crippen LogP contribution in [0.3, 0.4) is 0 Å². The number of hydrogen-bond donors (Lipinski definition) is 2. The number of halogens is 3. The van der Waals surface area contributed by atoms with Gasteiger partial charge in [-0.2, -0.15) is 13.2 Å². The number of nitrogens with zero attached hydrogens (tertiary/aromatic N) is 1. The molecule has 6 nitrogen and oxygen atoms in total. The van der Waals surface area contributed by atoms with E-state index in [1.165, 1.54) is 6.07 Å². The SMILES string of the molecule is CC1(c2cccc3ccccc23)NC(=O)N(CC(=O)Nc2cccc(C(F)(F)F)c2)C1=O. The summed E-state index contributed by atoms with van der Waals surface area (Å²) in [5.74, 6) is -1.42. The molecule has 2 N–H and O–H groups in total. The Morgan fingerprint density at radius 3 is 2.47 bits per heavy atom. The number of fused-ring (bicyclic) bond motifs is 1. The van der Waals surface area contributed by atoms with Gasteiger partial charge in [-0.1, -0.05) is 48.5 Å². The molecule has 9 heteroatoms. The molecule has 0 aliphatic carbocycles. The minimum absolute atomic E-state index is 0.0892. The molecule has 4 rings (SSSR count). The first-order valence-corrected chi connectivity index (χ1v) is 9.69. The predicted octanol–water partition coefficient (Wildman–Crippen LogP) is 4.26. The minimum Gasteiger partial charge on any atom is -0.325 e. The van der Waals surface area contributed by atoms with Gasteiger partial charge in [-0.15, -0.1) is 0 Å². The van der Waals surface area contributed by atoms with Crippen molar-refractivity contribution in [2.75, 3.05) is 11.9 Å². The van der Waals surface area contributed by atoms with E-state index in [0.717, 1.165) is 33.9 Å². The number of nitrogens with one attached hydrogen (secondary N) is 2. The second-order valence-electron chi connectivity index (χ2n) is 7.60. The van der Waals surface area contributed by atoms with E-state index in [1.54, 1.807) is 19.1 Å². The molecule has 1 aliphatic rings. The van der Waals surface area contributed by atoms with Crippen molar-refractivity contribution in [2.45, 2.75) is 18.6 Å². The minimum atomic E-state index is -4.56. The number of anilines is 1. The van der Waals surface area contributed by atoms with E-state index < -0.39 is 41.7 Å². The smallest absolute Gasteiger partial charge is 0.325 e. The van der Waals surface area contributed by atoms with Crippen molar-refractivity contribution in [1.29, 1.82) is 0 Å². The van der Waals surface area contributed by atoms with Gasteiger partial charge in [0.1, 0.15) is 12.1 Å². The van der Waals surface area contributed by atoms with E-state index in [4.69, 9.17) is 0 Å². The molecule has 3 aromatic rings. The van der Waals surface area contributed by atoms with Gasteiger partial charge in [0.05, 0.1) is 5.56 Å². The lowest BCUT2D eigenvalue weighted by Gasteiger charge is -2.24. The third kappa shape index (κ3) is 3.77. The maximum atomic E-state index is 13.2. The van der Waals surface area contributed by atoms with E-state index in [0.29, 0.717) is 5.56 Å². The summed E-state index contributed by atoms with van der Waals surface area (Å²) in [6.45, 7) is 0.918. The van der Waals surface area contributed by atoms with Gasteiger partial charge in [0.2, 0.25) is 5.91 Å². The zero-order valence-electron chi connectivity index (χ0n) is 16.9. The van der Waals surface area contributed by atoms with Gasteiger partial charge in [0.15, 0.2) is 0 Å². The Morgan fingerprint density at radius 2 is 1.72 bits per heavy atom. The van der Waals surface area contributed by atoms with Crippen molar-refractivity contribution in [3.63, 3.8) is 0 Å². The molecule has 0 radical (unpaired) electrons. The third-order valence-corrected chi connectivity index (χ3v) is 5.38. The molecule has 0 aromatic heterocycles. The van der Waals surface area contributed by atoms with Crippen LogP contribution in [0.2, 0.25) is 0 Å². The maximum absolute atomic E-state index is 13.2. The summed E-state index contributed by atoms with van der Waals surface area (Å²) in [5, 5.41) is 6.61. The Hall–Kier alpha value is -3.88. The number of urea groups is 1. The molecule has 1 fully saturated rings. The van der Waals surface area contributed by atoms with Crippen LogP contribution in [0.1, 0.15) is 18.1 Å². The summed E-state index contributed by atoms with van der Waals surface area (Å²) in [5.41, 5.74) is -1.83. The van der Waals surface area contributed by atoms with E-state index >= 15 is 0 Å². The summed E-state index contributed by atoms with van der Waals surface area (Å²) in [7, 11) is 0. The molecule has 0 saturated carbocycles. The number of imide groups is 1. The molecule has 1 saturated heterocycles. The number of alkyl halides is 3. The predicted molar refractivity (Wildman–Crippen MR) is 112 cm³/mol. The maximum Gasteiger partial charge on any atom is 0.416 e. The van der Waals surface area contributed by atoms with E-state index in [1.807, 2.05) is 30.3 Å². The van der Waals surface area contributed by atoms with E-state index in [2.05, 4.69) is 10.6 Å². The molecule has 0 spiro atoms. The van der Waals surface area contributed by atoms with Crippen molar-refractivity contribution >= 4 is 34.3 Å². The van der Waals surface area contributed by atoms with Crippen LogP contribution in [0.15, 0.2) is 66.7 Å². The summed E-state index contributed by atoms with van der Waals surface area (Å²) in [6.07, 6.45) is -4.56. The van der Waals surface area contributed by atoms with Crippen molar-refractivity contribution in [3.05, 3.63) is 77.9 Å². The monoisotopic (exact) mass is 441 g/mol. The normalized spacial score (nSPS) is 18.7. The third-order valence-electron chi connectivity index (χ3n) is 5.38. The van der Waals surface area contributed by atoms with Crippen molar-refractivity contribution in [2.24, 2.45) is 0 Å². The zero-order valence-corrected chi connectivity index (χ0v) is 16.9. The topological polar surface area (TPSA) is 78.5 Å². The Kier molecular flexibility index (Phi) is 5.12. The van der Waals surface area contributed by atoms with Crippen LogP contribution in [-0.4, -0.2) is 29.3 Å². The fourth-order valence-corrected chi connectivity index (χ4v) is 3.80. The number of hydrogen-bond acceptors (Lipinski definition) is 3. The second-order valence-corrected chi connectivity index (χ2v) is 7.60. The van der Waals surface area contributed by atoms with Crippen LogP contribution >= 0.6 is 0 Å². The molecule has 0 bridgehead atoms. The first-order valence-electron chi connectivity index (χ1n) is 9.69. The van der Waals surface area contributed by atoms with Crippen LogP contribution in [0, 0.1) is 0 Å². The molecule has 32 heavy (non-hydrogen) atoms. The second kappa shape index (κ2) is 7.67. The molecular formula is C23H18F3N3O3. The highest BCUT2D eigenvalue weighted by Gasteiger charge is 2.50. The fraction of sp³-hybridized carbons (Fsp3) is 0.174. The van der Waals surface area contributed by atoms with Gasteiger partial charge < -0.3 is 10.6 Å². The van der Waals surface area contributed by atoms with Gasteiger partial charge in [0.25, 0.3) is 5.91 Å². The van der Waals surface area contributed by atoms with Crippen molar-refractivity contribution in [1.82, 2.24) is 10.2 Å². The molecule has 1 atom stereocenters. The first-order chi connectivity index (χ1) is 15.1. The number of amides is 4. The number of carbonyl (C=O) groups is 3. The van der Waals surface area contributed by atoms with Gasteiger partial charge >= 0.3 is 12.2 Å². The first kappa shape index (κ1) is 21.4. The van der Waals surface area contributed by atoms with Crippen LogP contribution in [-0.2, 0) is 21.3 Å². The van der Waals surface area contributed by atoms with Crippen molar-refractivity contribution in [3.8, 4) is 0 Å². The summed E-state index contributed by atoms with van der Waals surface area (Å²) < 4.78 is 38.6. The van der Waals surface area contributed by atoms with Crippen LogP contribution in [0.25, 0.3) is 10.8 Å². The lowest BCUT2D eigenvalue weighted by Crippen LogP contribution is -2.42.